The average Bonchev–Trinajstić information content (AvgIpc) is 2.66. The summed E-state index contributed by atoms with van der Waals surface area (Å²) in [6, 6.07) is 12.0. The van der Waals surface area contributed by atoms with Crippen molar-refractivity contribution in [2.24, 2.45) is 5.92 Å². The molecule has 0 spiro atoms. The third-order valence-corrected chi connectivity index (χ3v) is 5.42. The summed E-state index contributed by atoms with van der Waals surface area (Å²) < 4.78 is 33.2. The molecule has 0 unspecified atom stereocenters. The van der Waals surface area contributed by atoms with E-state index in [4.69, 9.17) is 4.74 Å². The van der Waals surface area contributed by atoms with E-state index in [2.05, 4.69) is 10.0 Å². The van der Waals surface area contributed by atoms with Crippen LogP contribution in [0, 0.1) is 5.92 Å². The number of ether oxygens (including phenoxy) is 1. The van der Waals surface area contributed by atoms with Crippen molar-refractivity contribution in [2.45, 2.75) is 38.7 Å². The molecule has 0 saturated heterocycles. The van der Waals surface area contributed by atoms with Crippen LogP contribution in [0.3, 0.4) is 0 Å². The van der Waals surface area contributed by atoms with Crippen LogP contribution in [0.15, 0.2) is 53.4 Å². The van der Waals surface area contributed by atoms with E-state index in [1.165, 1.54) is 37.3 Å². The molecule has 0 heterocycles. The minimum Gasteiger partial charge on any atom is -0.481 e. The highest BCUT2D eigenvalue weighted by Crippen LogP contribution is 2.21. The summed E-state index contributed by atoms with van der Waals surface area (Å²) >= 11 is 0. The molecule has 2 rings (SSSR count). The number of nitrogens with one attached hydrogen (secondary N) is 2. The molecule has 0 aliphatic rings. The van der Waals surface area contributed by atoms with Crippen molar-refractivity contribution >= 4 is 27.4 Å². The number of ketones is 1. The molecule has 7 nitrogen and oxygen atoms in total. The molecule has 1 amide bonds. The van der Waals surface area contributed by atoms with Gasteiger partial charge in [-0.25, -0.2) is 8.42 Å². The van der Waals surface area contributed by atoms with Gasteiger partial charge in [0.2, 0.25) is 0 Å². The largest absolute Gasteiger partial charge is 0.481 e. The van der Waals surface area contributed by atoms with Crippen LogP contribution in [0.25, 0.3) is 0 Å². The summed E-state index contributed by atoms with van der Waals surface area (Å²) in [7, 11) is -3.83. The van der Waals surface area contributed by atoms with E-state index in [1.54, 1.807) is 25.1 Å². The van der Waals surface area contributed by atoms with E-state index in [0.29, 0.717) is 29.5 Å². The Labute approximate surface area is 171 Å². The van der Waals surface area contributed by atoms with Crippen molar-refractivity contribution in [2.75, 3.05) is 11.3 Å². The van der Waals surface area contributed by atoms with E-state index in [1.807, 2.05) is 13.8 Å². The van der Waals surface area contributed by atoms with Crippen molar-refractivity contribution in [3.8, 4) is 5.75 Å². The lowest BCUT2D eigenvalue weighted by atomic mass is 10.1. The molecule has 0 aliphatic carbocycles. The van der Waals surface area contributed by atoms with E-state index < -0.39 is 16.1 Å². The van der Waals surface area contributed by atoms with Crippen molar-refractivity contribution in [1.29, 1.82) is 0 Å². The molecule has 1 atom stereocenters. The number of carbonyl (C=O) groups excluding carboxylic acids is 2. The van der Waals surface area contributed by atoms with Crippen LogP contribution >= 0.6 is 0 Å². The van der Waals surface area contributed by atoms with Gasteiger partial charge in [0, 0.05) is 17.8 Å². The number of carbonyl (C=O) groups is 2. The van der Waals surface area contributed by atoms with Gasteiger partial charge in [-0.3, -0.25) is 14.3 Å². The third-order valence-electron chi connectivity index (χ3n) is 4.02. The molecular weight excluding hydrogens is 392 g/mol. The van der Waals surface area contributed by atoms with E-state index >= 15 is 0 Å². The smallest absolute Gasteiger partial charge is 0.261 e. The van der Waals surface area contributed by atoms with Gasteiger partial charge >= 0.3 is 0 Å². The lowest BCUT2D eigenvalue weighted by molar-refractivity contribution is -0.127. The summed E-state index contributed by atoms with van der Waals surface area (Å²) in [5.41, 5.74) is 0.715. The summed E-state index contributed by atoms with van der Waals surface area (Å²) in [6.45, 7) is 7.59. The highest BCUT2D eigenvalue weighted by atomic mass is 32.2. The van der Waals surface area contributed by atoms with Gasteiger partial charge in [-0.15, -0.1) is 0 Å². The van der Waals surface area contributed by atoms with Crippen molar-refractivity contribution < 1.29 is 22.7 Å². The van der Waals surface area contributed by atoms with Gasteiger partial charge in [0.1, 0.15) is 5.75 Å². The second-order valence-electron chi connectivity index (χ2n) is 7.11. The van der Waals surface area contributed by atoms with Crippen LogP contribution in [-0.2, 0) is 14.8 Å². The van der Waals surface area contributed by atoms with Gasteiger partial charge in [0.25, 0.3) is 15.9 Å². The number of amides is 1. The van der Waals surface area contributed by atoms with Crippen LogP contribution in [-0.4, -0.2) is 32.8 Å². The number of anilines is 1. The zero-order valence-corrected chi connectivity index (χ0v) is 17.7. The Balaban J connectivity index is 2.05. The quantitative estimate of drug-likeness (QED) is 0.609. The molecule has 156 valence electrons. The molecule has 8 heteroatoms. The minimum atomic E-state index is -3.83. The topological polar surface area (TPSA) is 102 Å². The first-order valence-corrected chi connectivity index (χ1v) is 10.7. The molecule has 0 radical (unpaired) electrons. The lowest BCUT2D eigenvalue weighted by Crippen LogP contribution is -2.38. The fraction of sp³-hybridized carbons (Fsp3) is 0.333. The fourth-order valence-electron chi connectivity index (χ4n) is 2.42. The lowest BCUT2D eigenvalue weighted by Gasteiger charge is -2.16. The minimum absolute atomic E-state index is 0.0370. The molecule has 2 N–H and O–H groups in total. The number of Topliss-reactive ketones (excluding diaryl/α,β-unsaturated/α-hetero) is 1. The SMILES string of the molecule is CC(=O)c1cccc(NS(=O)(=O)c2ccc(O[C@H](C)C(=O)NCC(C)C)cc2)c1. The Morgan fingerprint density at radius 2 is 1.69 bits per heavy atom. The summed E-state index contributed by atoms with van der Waals surface area (Å²) in [4.78, 5) is 23.5. The molecule has 0 fully saturated rings. The second-order valence-corrected chi connectivity index (χ2v) is 8.80. The van der Waals surface area contributed by atoms with Gasteiger partial charge in [-0.1, -0.05) is 26.0 Å². The second kappa shape index (κ2) is 9.56. The monoisotopic (exact) mass is 418 g/mol. The fourth-order valence-corrected chi connectivity index (χ4v) is 3.47. The zero-order chi connectivity index (χ0) is 21.6. The van der Waals surface area contributed by atoms with Crippen LogP contribution < -0.4 is 14.8 Å². The van der Waals surface area contributed by atoms with E-state index in [-0.39, 0.29) is 16.6 Å². The number of hydrogen-bond acceptors (Lipinski definition) is 5. The van der Waals surface area contributed by atoms with Crippen LogP contribution in [0.2, 0.25) is 0 Å². The Morgan fingerprint density at radius 1 is 1.03 bits per heavy atom. The number of sulfonamides is 1. The summed E-state index contributed by atoms with van der Waals surface area (Å²) in [5.74, 6) is 0.329. The third kappa shape index (κ3) is 6.60. The standard InChI is InChI=1S/C21H26N2O5S/c1-14(2)13-22-21(25)16(4)28-19-8-10-20(11-9-19)29(26,27)23-18-7-5-6-17(12-18)15(3)24/h5-12,14,16,23H,13H2,1-4H3,(H,22,25)/t16-/m1/s1. The Morgan fingerprint density at radius 3 is 2.28 bits per heavy atom. The molecule has 0 saturated carbocycles. The first kappa shape index (κ1) is 22.4. The molecule has 2 aromatic carbocycles. The van der Waals surface area contributed by atoms with E-state index in [9.17, 15) is 18.0 Å². The highest BCUT2D eigenvalue weighted by Gasteiger charge is 2.17. The van der Waals surface area contributed by atoms with E-state index in [0.717, 1.165) is 0 Å². The Bertz CT molecular complexity index is 969. The van der Waals surface area contributed by atoms with Crippen LogP contribution in [0.5, 0.6) is 5.75 Å². The number of rotatable bonds is 9. The van der Waals surface area contributed by atoms with Crippen molar-refractivity contribution in [3.63, 3.8) is 0 Å². The normalized spacial score (nSPS) is 12.3. The predicted molar refractivity (Wildman–Crippen MR) is 112 cm³/mol. The molecule has 29 heavy (non-hydrogen) atoms. The van der Waals surface area contributed by atoms with Crippen LogP contribution in [0.4, 0.5) is 5.69 Å². The van der Waals surface area contributed by atoms with Gasteiger partial charge in [0.05, 0.1) is 4.90 Å². The van der Waals surface area contributed by atoms with Gasteiger partial charge < -0.3 is 10.1 Å². The number of benzene rings is 2. The summed E-state index contributed by atoms with van der Waals surface area (Å²) in [5, 5.41) is 2.78. The van der Waals surface area contributed by atoms with Crippen LogP contribution in [0.1, 0.15) is 38.1 Å². The maximum atomic E-state index is 12.6. The molecule has 0 aromatic heterocycles. The molecular formula is C21H26N2O5S. The molecule has 0 bridgehead atoms. The predicted octanol–water partition coefficient (Wildman–Crippen LogP) is 3.23. The first-order valence-electron chi connectivity index (χ1n) is 9.26. The maximum Gasteiger partial charge on any atom is 0.261 e. The van der Waals surface area contributed by atoms with Gasteiger partial charge in [0.15, 0.2) is 11.9 Å². The van der Waals surface area contributed by atoms with Gasteiger partial charge in [-0.05, 0) is 56.2 Å². The number of hydrogen-bond donors (Lipinski definition) is 2. The Hall–Kier alpha value is -2.87. The van der Waals surface area contributed by atoms with Crippen molar-refractivity contribution in [1.82, 2.24) is 5.32 Å². The van der Waals surface area contributed by atoms with Gasteiger partial charge in [-0.2, -0.15) is 0 Å². The van der Waals surface area contributed by atoms with Crippen molar-refractivity contribution in [3.05, 3.63) is 54.1 Å². The molecule has 2 aromatic rings. The molecule has 0 aliphatic heterocycles. The average molecular weight is 419 g/mol. The summed E-state index contributed by atoms with van der Waals surface area (Å²) in [6.07, 6.45) is -0.705. The highest BCUT2D eigenvalue weighted by molar-refractivity contribution is 7.92. The zero-order valence-electron chi connectivity index (χ0n) is 16.9. The first-order chi connectivity index (χ1) is 13.6. The maximum absolute atomic E-state index is 12.6. The Kier molecular flexibility index (Phi) is 7.39.